The van der Waals surface area contributed by atoms with E-state index in [-0.39, 0.29) is 5.56 Å². The van der Waals surface area contributed by atoms with Crippen molar-refractivity contribution >= 4 is 16.6 Å². The Hall–Kier alpha value is -2.86. The first-order valence-corrected chi connectivity index (χ1v) is 11.2. The van der Waals surface area contributed by atoms with Gasteiger partial charge in [-0.05, 0) is 62.2 Å². The summed E-state index contributed by atoms with van der Waals surface area (Å²) in [6, 6.07) is 13.8. The van der Waals surface area contributed by atoms with Crippen LogP contribution in [0.4, 0.5) is 5.69 Å². The smallest absolute Gasteiger partial charge is 0.261 e. The molecule has 1 fully saturated rings. The zero-order valence-corrected chi connectivity index (χ0v) is 18.7. The summed E-state index contributed by atoms with van der Waals surface area (Å²) < 4.78 is 7.45. The molecule has 1 saturated heterocycles. The number of hydrogen-bond donors (Lipinski definition) is 1. The SMILES string of the molecule is CCCCN(C)c1ccc2nc(-c3ccccc3OC)n(CC3CCNC3)c(=O)c2c1. The highest BCUT2D eigenvalue weighted by atomic mass is 16.5. The van der Waals surface area contributed by atoms with Gasteiger partial charge >= 0.3 is 0 Å². The molecule has 31 heavy (non-hydrogen) atoms. The predicted octanol–water partition coefficient (Wildman–Crippen LogP) is 3.92. The summed E-state index contributed by atoms with van der Waals surface area (Å²) in [7, 11) is 3.73. The van der Waals surface area contributed by atoms with Crippen molar-refractivity contribution in [1.82, 2.24) is 14.9 Å². The molecule has 0 saturated carbocycles. The first kappa shape index (κ1) is 21.4. The van der Waals surface area contributed by atoms with Crippen LogP contribution in [0.1, 0.15) is 26.2 Å². The van der Waals surface area contributed by atoms with E-state index in [9.17, 15) is 4.79 Å². The van der Waals surface area contributed by atoms with Crippen LogP contribution >= 0.6 is 0 Å². The molecule has 164 valence electrons. The molecule has 1 aromatic heterocycles. The molecular formula is C25H32N4O2. The summed E-state index contributed by atoms with van der Waals surface area (Å²) in [5.74, 6) is 1.82. The average molecular weight is 421 g/mol. The predicted molar refractivity (Wildman–Crippen MR) is 127 cm³/mol. The quantitative estimate of drug-likeness (QED) is 0.599. The largest absolute Gasteiger partial charge is 0.496 e. The number of anilines is 1. The Morgan fingerprint density at radius 3 is 2.84 bits per heavy atom. The number of benzene rings is 2. The Morgan fingerprint density at radius 1 is 1.26 bits per heavy atom. The van der Waals surface area contributed by atoms with Gasteiger partial charge in [-0.15, -0.1) is 0 Å². The van der Waals surface area contributed by atoms with E-state index in [1.54, 1.807) is 7.11 Å². The second-order valence-corrected chi connectivity index (χ2v) is 8.39. The number of hydrogen-bond acceptors (Lipinski definition) is 5. The van der Waals surface area contributed by atoms with E-state index >= 15 is 0 Å². The number of nitrogens with zero attached hydrogens (tertiary/aromatic N) is 3. The highest BCUT2D eigenvalue weighted by Gasteiger charge is 2.21. The third-order valence-corrected chi connectivity index (χ3v) is 6.18. The van der Waals surface area contributed by atoms with E-state index in [0.717, 1.165) is 61.4 Å². The Morgan fingerprint density at radius 2 is 2.10 bits per heavy atom. The fourth-order valence-corrected chi connectivity index (χ4v) is 4.30. The van der Waals surface area contributed by atoms with Gasteiger partial charge in [0.05, 0.1) is 23.6 Å². The van der Waals surface area contributed by atoms with Gasteiger partial charge in [-0.1, -0.05) is 25.5 Å². The minimum absolute atomic E-state index is 0.0172. The summed E-state index contributed by atoms with van der Waals surface area (Å²) in [4.78, 5) is 20.9. The molecule has 1 atom stereocenters. The fourth-order valence-electron chi connectivity index (χ4n) is 4.30. The Kier molecular flexibility index (Phi) is 6.56. The first-order valence-electron chi connectivity index (χ1n) is 11.2. The molecule has 4 rings (SSSR count). The maximum atomic E-state index is 13.7. The molecule has 0 aliphatic carbocycles. The minimum atomic E-state index is 0.0172. The molecular weight excluding hydrogens is 388 g/mol. The van der Waals surface area contributed by atoms with Gasteiger partial charge in [-0.2, -0.15) is 0 Å². The number of ether oxygens (including phenoxy) is 1. The van der Waals surface area contributed by atoms with E-state index in [1.807, 2.05) is 41.0 Å². The summed E-state index contributed by atoms with van der Waals surface area (Å²) in [6.45, 7) is 5.73. The van der Waals surface area contributed by atoms with Crippen molar-refractivity contribution < 1.29 is 4.74 Å². The standard InChI is InChI=1S/C25H32N4O2/c1-4-5-14-28(2)19-10-11-22-21(15-19)25(30)29(17-18-12-13-26-16-18)24(27-22)20-8-6-7-9-23(20)31-3/h6-11,15,18,26H,4-5,12-14,16-17H2,1-3H3. The molecule has 1 unspecified atom stereocenters. The molecule has 0 spiro atoms. The number of methoxy groups -OCH3 is 1. The summed E-state index contributed by atoms with van der Waals surface area (Å²) in [5.41, 5.74) is 2.64. The molecule has 3 aromatic rings. The number of nitrogens with one attached hydrogen (secondary N) is 1. The van der Waals surface area contributed by atoms with Crippen LogP contribution in [-0.2, 0) is 6.54 Å². The van der Waals surface area contributed by atoms with Gasteiger partial charge in [0, 0.05) is 25.8 Å². The highest BCUT2D eigenvalue weighted by Crippen LogP contribution is 2.30. The fraction of sp³-hybridized carbons (Fsp3) is 0.440. The van der Waals surface area contributed by atoms with Gasteiger partial charge in [0.25, 0.3) is 5.56 Å². The third kappa shape index (κ3) is 4.44. The average Bonchev–Trinajstić information content (AvgIpc) is 3.32. The van der Waals surface area contributed by atoms with Crippen LogP contribution in [0, 0.1) is 5.92 Å². The molecule has 6 heteroatoms. The molecule has 0 radical (unpaired) electrons. The van der Waals surface area contributed by atoms with Crippen LogP contribution in [0.2, 0.25) is 0 Å². The number of aromatic nitrogens is 2. The molecule has 2 heterocycles. The van der Waals surface area contributed by atoms with Crippen molar-refractivity contribution in [3.05, 3.63) is 52.8 Å². The van der Waals surface area contributed by atoms with E-state index in [0.29, 0.717) is 23.7 Å². The topological polar surface area (TPSA) is 59.4 Å². The second-order valence-electron chi connectivity index (χ2n) is 8.39. The minimum Gasteiger partial charge on any atom is -0.496 e. The van der Waals surface area contributed by atoms with E-state index < -0.39 is 0 Å². The van der Waals surface area contributed by atoms with Crippen molar-refractivity contribution in [2.45, 2.75) is 32.7 Å². The molecule has 1 N–H and O–H groups in total. The maximum absolute atomic E-state index is 13.7. The van der Waals surface area contributed by atoms with Crippen molar-refractivity contribution in [2.24, 2.45) is 5.92 Å². The highest BCUT2D eigenvalue weighted by molar-refractivity contribution is 5.84. The number of para-hydroxylation sites is 1. The van der Waals surface area contributed by atoms with Gasteiger partial charge in [0.2, 0.25) is 0 Å². The van der Waals surface area contributed by atoms with Crippen molar-refractivity contribution in [3.8, 4) is 17.1 Å². The molecule has 0 amide bonds. The number of rotatable bonds is 8. The Balaban J connectivity index is 1.86. The lowest BCUT2D eigenvalue weighted by atomic mass is 10.1. The third-order valence-electron chi connectivity index (χ3n) is 6.18. The van der Waals surface area contributed by atoms with Crippen LogP contribution in [0.5, 0.6) is 5.75 Å². The van der Waals surface area contributed by atoms with Gasteiger partial charge in [-0.25, -0.2) is 4.98 Å². The Bertz CT molecular complexity index is 1100. The van der Waals surface area contributed by atoms with Crippen molar-refractivity contribution in [3.63, 3.8) is 0 Å². The summed E-state index contributed by atoms with van der Waals surface area (Å²) in [5, 5.41) is 4.08. The van der Waals surface area contributed by atoms with Gasteiger partial charge in [0.15, 0.2) is 0 Å². The van der Waals surface area contributed by atoms with E-state index in [1.165, 1.54) is 0 Å². The van der Waals surface area contributed by atoms with Gasteiger partial charge < -0.3 is 15.0 Å². The van der Waals surface area contributed by atoms with Crippen LogP contribution in [0.3, 0.4) is 0 Å². The number of fused-ring (bicyclic) bond motifs is 1. The normalized spacial score (nSPS) is 16.0. The van der Waals surface area contributed by atoms with Crippen molar-refractivity contribution in [2.75, 3.05) is 38.7 Å². The summed E-state index contributed by atoms with van der Waals surface area (Å²) >= 11 is 0. The molecule has 1 aliphatic rings. The number of unbranched alkanes of at least 4 members (excludes halogenated alkanes) is 1. The van der Waals surface area contributed by atoms with Crippen LogP contribution in [0.15, 0.2) is 47.3 Å². The zero-order chi connectivity index (χ0) is 21.8. The lowest BCUT2D eigenvalue weighted by Crippen LogP contribution is -2.28. The van der Waals surface area contributed by atoms with Crippen LogP contribution in [0.25, 0.3) is 22.3 Å². The first-order chi connectivity index (χ1) is 15.1. The lowest BCUT2D eigenvalue weighted by Gasteiger charge is -2.21. The molecule has 2 aromatic carbocycles. The van der Waals surface area contributed by atoms with Crippen LogP contribution in [-0.4, -0.2) is 43.3 Å². The second kappa shape index (κ2) is 9.52. The monoisotopic (exact) mass is 420 g/mol. The molecule has 6 nitrogen and oxygen atoms in total. The van der Waals surface area contributed by atoms with Gasteiger partial charge in [0.1, 0.15) is 11.6 Å². The van der Waals surface area contributed by atoms with E-state index in [2.05, 4.69) is 30.3 Å². The van der Waals surface area contributed by atoms with Crippen molar-refractivity contribution in [1.29, 1.82) is 0 Å². The zero-order valence-electron chi connectivity index (χ0n) is 18.7. The van der Waals surface area contributed by atoms with Gasteiger partial charge in [-0.3, -0.25) is 9.36 Å². The molecule has 0 bridgehead atoms. The summed E-state index contributed by atoms with van der Waals surface area (Å²) in [6.07, 6.45) is 3.33. The Labute approximate surface area is 183 Å². The molecule has 1 aliphatic heterocycles. The lowest BCUT2D eigenvalue weighted by molar-refractivity contribution is 0.415. The van der Waals surface area contributed by atoms with Crippen LogP contribution < -0.4 is 20.5 Å². The van der Waals surface area contributed by atoms with E-state index in [4.69, 9.17) is 9.72 Å². The maximum Gasteiger partial charge on any atom is 0.261 e.